The molecule has 0 bridgehead atoms. The molecule has 0 atom stereocenters. The third-order valence-corrected chi connectivity index (χ3v) is 3.59. The zero-order valence-electron chi connectivity index (χ0n) is 10.3. The molecular weight excluding hydrogens is 291 g/mol. The number of hydrogen-bond acceptors (Lipinski definition) is 4. The number of fused-ring (bicyclic) bond motifs is 1. The van der Waals surface area contributed by atoms with Gasteiger partial charge in [0.25, 0.3) is 0 Å². The molecule has 108 valence electrons. The van der Waals surface area contributed by atoms with Crippen LogP contribution in [0.15, 0.2) is 18.2 Å². The minimum Gasteiger partial charge on any atom is -0.370 e. The minimum absolute atomic E-state index is 0.260. The number of nitrogens with two attached hydrogens (primary N) is 1. The number of benzene rings is 1. The Morgan fingerprint density at radius 3 is 2.80 bits per heavy atom. The van der Waals surface area contributed by atoms with E-state index in [9.17, 15) is 18.0 Å². The molecule has 1 amide bonds. The Bertz CT molecular complexity index is 624. The number of rotatable bonds is 5. The van der Waals surface area contributed by atoms with Crippen LogP contribution in [0.1, 0.15) is 18.4 Å². The lowest BCUT2D eigenvalue weighted by Crippen LogP contribution is -2.12. The molecule has 0 saturated carbocycles. The number of thiazole rings is 1. The molecule has 3 N–H and O–H groups in total. The van der Waals surface area contributed by atoms with Crippen molar-refractivity contribution in [3.8, 4) is 0 Å². The Morgan fingerprint density at radius 1 is 1.40 bits per heavy atom. The number of carbonyl (C=O) groups is 1. The van der Waals surface area contributed by atoms with E-state index in [0.29, 0.717) is 28.3 Å². The van der Waals surface area contributed by atoms with Crippen LogP contribution in [-0.4, -0.2) is 17.4 Å². The molecule has 2 aromatic rings. The molecule has 20 heavy (non-hydrogen) atoms. The summed E-state index contributed by atoms with van der Waals surface area (Å²) in [6, 6.07) is 3.47. The topological polar surface area (TPSA) is 68.0 Å². The van der Waals surface area contributed by atoms with Gasteiger partial charge in [0, 0.05) is 13.0 Å². The normalized spacial score (nSPS) is 11.8. The van der Waals surface area contributed by atoms with Crippen LogP contribution < -0.4 is 11.1 Å². The largest absolute Gasteiger partial charge is 0.416 e. The van der Waals surface area contributed by atoms with Gasteiger partial charge in [-0.2, -0.15) is 13.2 Å². The van der Waals surface area contributed by atoms with Gasteiger partial charge in [0.05, 0.1) is 15.8 Å². The Labute approximate surface area is 116 Å². The SMILES string of the molecule is NC(=O)CCCNc1nc2cc(C(F)(F)F)ccc2s1. The summed E-state index contributed by atoms with van der Waals surface area (Å²) < 4.78 is 38.4. The third kappa shape index (κ3) is 3.60. The monoisotopic (exact) mass is 303 g/mol. The highest BCUT2D eigenvalue weighted by molar-refractivity contribution is 7.22. The van der Waals surface area contributed by atoms with E-state index in [1.165, 1.54) is 17.4 Å². The van der Waals surface area contributed by atoms with Crippen molar-refractivity contribution in [3.05, 3.63) is 23.8 Å². The number of alkyl halides is 3. The molecular formula is C12H12F3N3OS. The first kappa shape index (κ1) is 14.6. The quantitative estimate of drug-likeness (QED) is 0.834. The van der Waals surface area contributed by atoms with Crippen molar-refractivity contribution in [2.75, 3.05) is 11.9 Å². The van der Waals surface area contributed by atoms with Gasteiger partial charge in [0.15, 0.2) is 5.13 Å². The number of aromatic nitrogens is 1. The first-order valence-corrected chi connectivity index (χ1v) is 6.68. The molecule has 8 heteroatoms. The number of nitrogens with one attached hydrogen (secondary N) is 1. The van der Waals surface area contributed by atoms with Crippen LogP contribution in [0.2, 0.25) is 0 Å². The van der Waals surface area contributed by atoms with Crippen molar-refractivity contribution < 1.29 is 18.0 Å². The van der Waals surface area contributed by atoms with Crippen LogP contribution in [0.5, 0.6) is 0 Å². The summed E-state index contributed by atoms with van der Waals surface area (Å²) in [4.78, 5) is 14.7. The minimum atomic E-state index is -4.37. The molecule has 0 aliphatic carbocycles. The number of hydrogen-bond donors (Lipinski definition) is 2. The molecule has 0 spiro atoms. The van der Waals surface area contributed by atoms with Crippen LogP contribution in [0.3, 0.4) is 0 Å². The van der Waals surface area contributed by atoms with Crippen molar-refractivity contribution in [3.63, 3.8) is 0 Å². The fraction of sp³-hybridized carbons (Fsp3) is 0.333. The highest BCUT2D eigenvalue weighted by atomic mass is 32.1. The van der Waals surface area contributed by atoms with Crippen LogP contribution in [0.4, 0.5) is 18.3 Å². The zero-order chi connectivity index (χ0) is 14.8. The fourth-order valence-electron chi connectivity index (χ4n) is 1.64. The van der Waals surface area contributed by atoms with Crippen molar-refractivity contribution in [1.82, 2.24) is 4.98 Å². The number of primary amides is 1. The van der Waals surface area contributed by atoms with E-state index >= 15 is 0 Å². The van der Waals surface area contributed by atoms with Gasteiger partial charge in [-0.3, -0.25) is 4.79 Å². The molecule has 2 rings (SSSR count). The number of anilines is 1. The van der Waals surface area contributed by atoms with Crippen LogP contribution in [0, 0.1) is 0 Å². The van der Waals surface area contributed by atoms with E-state index in [2.05, 4.69) is 10.3 Å². The average molecular weight is 303 g/mol. The summed E-state index contributed by atoms with van der Waals surface area (Å²) in [5.41, 5.74) is 4.60. The fourth-order valence-corrected chi connectivity index (χ4v) is 2.51. The Hall–Kier alpha value is -1.83. The van der Waals surface area contributed by atoms with Crippen molar-refractivity contribution in [2.45, 2.75) is 19.0 Å². The lowest BCUT2D eigenvalue weighted by atomic mass is 10.2. The first-order valence-electron chi connectivity index (χ1n) is 5.86. The smallest absolute Gasteiger partial charge is 0.370 e. The summed E-state index contributed by atoms with van der Waals surface area (Å²) in [6.07, 6.45) is -3.55. The first-order chi connectivity index (χ1) is 9.36. The molecule has 1 heterocycles. The van der Waals surface area contributed by atoms with Gasteiger partial charge in [-0.15, -0.1) is 0 Å². The molecule has 0 radical (unpaired) electrons. The molecule has 0 unspecified atom stereocenters. The summed E-state index contributed by atoms with van der Waals surface area (Å²) >= 11 is 1.27. The summed E-state index contributed by atoms with van der Waals surface area (Å²) in [5.74, 6) is -0.383. The summed E-state index contributed by atoms with van der Waals surface area (Å²) in [5, 5.41) is 3.50. The third-order valence-electron chi connectivity index (χ3n) is 2.59. The van der Waals surface area contributed by atoms with Gasteiger partial charge in [-0.1, -0.05) is 11.3 Å². The number of carbonyl (C=O) groups excluding carboxylic acids is 1. The van der Waals surface area contributed by atoms with Gasteiger partial charge in [0.2, 0.25) is 5.91 Å². The van der Waals surface area contributed by atoms with E-state index in [-0.39, 0.29) is 12.3 Å². The zero-order valence-corrected chi connectivity index (χ0v) is 11.1. The highest BCUT2D eigenvalue weighted by Crippen LogP contribution is 2.33. The molecule has 0 aliphatic heterocycles. The molecule has 1 aromatic heterocycles. The van der Waals surface area contributed by atoms with Crippen molar-refractivity contribution in [1.29, 1.82) is 0 Å². The van der Waals surface area contributed by atoms with E-state index in [4.69, 9.17) is 5.73 Å². The second kappa shape index (κ2) is 5.66. The van der Waals surface area contributed by atoms with Crippen LogP contribution >= 0.6 is 11.3 Å². The molecule has 4 nitrogen and oxygen atoms in total. The predicted octanol–water partition coefficient (Wildman–Crippen LogP) is 2.99. The van der Waals surface area contributed by atoms with Crippen molar-refractivity contribution in [2.24, 2.45) is 5.73 Å². The molecule has 0 aliphatic rings. The average Bonchev–Trinajstić information content (AvgIpc) is 2.74. The maximum atomic E-state index is 12.6. The molecule has 1 aromatic carbocycles. The molecule has 0 fully saturated rings. The van der Waals surface area contributed by atoms with Gasteiger partial charge >= 0.3 is 6.18 Å². The second-order valence-electron chi connectivity index (χ2n) is 4.20. The lowest BCUT2D eigenvalue weighted by molar-refractivity contribution is -0.137. The highest BCUT2D eigenvalue weighted by Gasteiger charge is 2.30. The molecule has 0 saturated heterocycles. The summed E-state index contributed by atoms with van der Waals surface area (Å²) in [6.45, 7) is 0.495. The van der Waals surface area contributed by atoms with Crippen molar-refractivity contribution >= 4 is 32.6 Å². The van der Waals surface area contributed by atoms with Crippen LogP contribution in [0.25, 0.3) is 10.2 Å². The Kier molecular flexibility index (Phi) is 4.12. The standard InChI is InChI=1S/C12H12F3N3OS/c13-12(14,15)7-3-4-9-8(6-7)18-11(20-9)17-5-1-2-10(16)19/h3-4,6H,1-2,5H2,(H2,16,19)(H,17,18). The van der Waals surface area contributed by atoms with E-state index < -0.39 is 11.7 Å². The second-order valence-corrected chi connectivity index (χ2v) is 5.23. The van der Waals surface area contributed by atoms with Gasteiger partial charge in [-0.25, -0.2) is 4.98 Å². The number of halogens is 3. The summed E-state index contributed by atoms with van der Waals surface area (Å²) in [7, 11) is 0. The van der Waals surface area contributed by atoms with Gasteiger partial charge in [0.1, 0.15) is 0 Å². The Morgan fingerprint density at radius 2 is 2.15 bits per heavy atom. The Balaban J connectivity index is 2.07. The van der Waals surface area contributed by atoms with E-state index in [1.807, 2.05) is 0 Å². The maximum absolute atomic E-state index is 12.6. The number of amides is 1. The number of nitrogens with zero attached hydrogens (tertiary/aromatic N) is 1. The van der Waals surface area contributed by atoms with Crippen LogP contribution in [-0.2, 0) is 11.0 Å². The van der Waals surface area contributed by atoms with E-state index in [1.54, 1.807) is 0 Å². The maximum Gasteiger partial charge on any atom is 0.416 e. The van der Waals surface area contributed by atoms with E-state index in [0.717, 1.165) is 12.1 Å². The van der Waals surface area contributed by atoms with Gasteiger partial charge < -0.3 is 11.1 Å². The lowest BCUT2D eigenvalue weighted by Gasteiger charge is -2.04. The van der Waals surface area contributed by atoms with Gasteiger partial charge in [-0.05, 0) is 24.6 Å². The predicted molar refractivity (Wildman–Crippen MR) is 71.5 cm³/mol.